The van der Waals surface area contributed by atoms with Crippen molar-refractivity contribution in [2.45, 2.75) is 0 Å². The molecule has 1 saturated heterocycles. The molecule has 0 unspecified atom stereocenters. The third-order valence-corrected chi connectivity index (χ3v) is 3.67. The van der Waals surface area contributed by atoms with Crippen LogP contribution in [-0.4, -0.2) is 52.3 Å². The number of phenolic OH excluding ortho intramolecular Hbond substituents is 1. The molecule has 0 saturated carbocycles. The molecule has 0 atom stereocenters. The molecule has 0 radical (unpaired) electrons. The van der Waals surface area contributed by atoms with E-state index < -0.39 is 0 Å². The van der Waals surface area contributed by atoms with E-state index in [9.17, 15) is 9.90 Å². The number of amides is 1. The first-order chi connectivity index (χ1) is 10.2. The number of aromatic amines is 1. The quantitative estimate of drug-likeness (QED) is 0.753. The van der Waals surface area contributed by atoms with Gasteiger partial charge in [0.1, 0.15) is 11.4 Å². The van der Waals surface area contributed by atoms with Gasteiger partial charge in [0, 0.05) is 26.2 Å². The molecule has 1 aliphatic heterocycles. The van der Waals surface area contributed by atoms with Crippen LogP contribution in [0.1, 0.15) is 10.5 Å². The van der Waals surface area contributed by atoms with Crippen LogP contribution in [0, 0.1) is 0 Å². The lowest BCUT2D eigenvalue weighted by Crippen LogP contribution is -2.49. The predicted molar refractivity (Wildman–Crippen MR) is 79.2 cm³/mol. The van der Waals surface area contributed by atoms with Crippen LogP contribution in [0.5, 0.6) is 5.75 Å². The van der Waals surface area contributed by atoms with E-state index >= 15 is 0 Å². The minimum absolute atomic E-state index is 0.137. The number of anilines is 2. The van der Waals surface area contributed by atoms with E-state index in [0.717, 1.165) is 5.69 Å². The maximum absolute atomic E-state index is 12.3. The topological polar surface area (TPSA) is 98.5 Å². The smallest absolute Gasteiger partial charge is 0.274 e. The number of piperazine rings is 1. The highest BCUT2D eigenvalue weighted by molar-refractivity contribution is 5.97. The molecule has 21 heavy (non-hydrogen) atoms. The zero-order valence-corrected chi connectivity index (χ0v) is 11.5. The highest BCUT2D eigenvalue weighted by Crippen LogP contribution is 2.27. The van der Waals surface area contributed by atoms with Crippen LogP contribution in [0.2, 0.25) is 0 Å². The van der Waals surface area contributed by atoms with Crippen molar-refractivity contribution < 1.29 is 9.90 Å². The van der Waals surface area contributed by atoms with Gasteiger partial charge in [-0.25, -0.2) is 0 Å². The summed E-state index contributed by atoms with van der Waals surface area (Å²) in [5.41, 5.74) is 7.20. The first-order valence-electron chi connectivity index (χ1n) is 6.78. The molecule has 7 heteroatoms. The molecule has 110 valence electrons. The summed E-state index contributed by atoms with van der Waals surface area (Å²) in [6, 6.07) is 7.22. The Balaban J connectivity index is 1.67. The second-order valence-corrected chi connectivity index (χ2v) is 4.97. The fourth-order valence-electron chi connectivity index (χ4n) is 2.51. The molecule has 2 heterocycles. The third-order valence-electron chi connectivity index (χ3n) is 3.67. The Labute approximate surface area is 122 Å². The highest BCUT2D eigenvalue weighted by Gasteiger charge is 2.25. The van der Waals surface area contributed by atoms with E-state index in [1.165, 1.54) is 6.20 Å². The predicted octanol–water partition coefficient (Wildman–Crippen LogP) is 0.660. The van der Waals surface area contributed by atoms with Crippen molar-refractivity contribution in [3.8, 4) is 5.75 Å². The van der Waals surface area contributed by atoms with Crippen LogP contribution < -0.4 is 10.6 Å². The van der Waals surface area contributed by atoms with Crippen molar-refractivity contribution in [3.63, 3.8) is 0 Å². The van der Waals surface area contributed by atoms with Crippen molar-refractivity contribution in [1.82, 2.24) is 15.1 Å². The molecule has 1 amide bonds. The monoisotopic (exact) mass is 287 g/mol. The minimum Gasteiger partial charge on any atom is -0.506 e. The number of para-hydroxylation sites is 2. The van der Waals surface area contributed by atoms with Crippen molar-refractivity contribution in [2.24, 2.45) is 0 Å². The van der Waals surface area contributed by atoms with Gasteiger partial charge in [0.15, 0.2) is 0 Å². The first kappa shape index (κ1) is 13.3. The molecule has 0 spiro atoms. The Bertz CT molecular complexity index is 646. The molecule has 1 fully saturated rings. The summed E-state index contributed by atoms with van der Waals surface area (Å²) in [6.45, 7) is 2.48. The number of nitrogens with one attached hydrogen (secondary N) is 1. The number of aromatic hydroxyl groups is 1. The van der Waals surface area contributed by atoms with Crippen LogP contribution in [0.4, 0.5) is 11.4 Å². The molecule has 4 N–H and O–H groups in total. The average molecular weight is 287 g/mol. The summed E-state index contributed by atoms with van der Waals surface area (Å²) >= 11 is 0. The van der Waals surface area contributed by atoms with E-state index in [4.69, 9.17) is 5.73 Å². The number of nitrogen functional groups attached to an aromatic ring is 1. The molecular weight excluding hydrogens is 270 g/mol. The number of benzene rings is 1. The van der Waals surface area contributed by atoms with Gasteiger partial charge >= 0.3 is 0 Å². The maximum atomic E-state index is 12.3. The van der Waals surface area contributed by atoms with Crippen LogP contribution >= 0.6 is 0 Å². The number of phenols is 1. The molecule has 7 nitrogen and oxygen atoms in total. The lowest BCUT2D eigenvalue weighted by atomic mass is 10.2. The Morgan fingerprint density at radius 1 is 1.24 bits per heavy atom. The highest BCUT2D eigenvalue weighted by atomic mass is 16.3. The number of nitrogens with two attached hydrogens (primary N) is 1. The lowest BCUT2D eigenvalue weighted by Gasteiger charge is -2.36. The molecule has 1 aliphatic rings. The third kappa shape index (κ3) is 2.49. The molecule has 1 aromatic heterocycles. The molecular formula is C14H17N5O2. The standard InChI is InChI=1S/C14H17N5O2/c15-10-9-16-17-13(10)14(21)19-7-5-18(6-8-19)11-3-1-2-4-12(11)20/h1-4,9,20H,5-8,15H2,(H,16,17). The SMILES string of the molecule is Nc1cn[nH]c1C(=O)N1CCN(c2ccccc2O)CC1. The number of rotatable bonds is 2. The van der Waals surface area contributed by atoms with Crippen molar-refractivity contribution in [1.29, 1.82) is 0 Å². The van der Waals surface area contributed by atoms with Crippen molar-refractivity contribution in [3.05, 3.63) is 36.2 Å². The number of carbonyl (C=O) groups is 1. The molecule has 3 rings (SSSR count). The second kappa shape index (κ2) is 5.35. The molecule has 0 bridgehead atoms. The summed E-state index contributed by atoms with van der Waals surface area (Å²) < 4.78 is 0. The van der Waals surface area contributed by atoms with Crippen LogP contribution in [-0.2, 0) is 0 Å². The first-order valence-corrected chi connectivity index (χ1v) is 6.78. The van der Waals surface area contributed by atoms with Crippen LogP contribution in [0.15, 0.2) is 30.5 Å². The summed E-state index contributed by atoms with van der Waals surface area (Å²) in [6.07, 6.45) is 1.44. The minimum atomic E-state index is -0.137. The fourth-order valence-corrected chi connectivity index (χ4v) is 2.51. The molecule has 1 aromatic carbocycles. The van der Waals surface area contributed by atoms with Gasteiger partial charge in [0.2, 0.25) is 0 Å². The Kier molecular flexibility index (Phi) is 3.39. The number of hydrogen-bond donors (Lipinski definition) is 3. The zero-order chi connectivity index (χ0) is 14.8. The van der Waals surface area contributed by atoms with E-state index in [1.807, 2.05) is 12.1 Å². The normalized spacial score (nSPS) is 15.2. The summed E-state index contributed by atoms with van der Waals surface area (Å²) in [5, 5.41) is 16.3. The molecule has 2 aromatic rings. The van der Waals surface area contributed by atoms with Crippen molar-refractivity contribution >= 4 is 17.3 Å². The lowest BCUT2D eigenvalue weighted by molar-refractivity contribution is 0.0742. The fraction of sp³-hybridized carbons (Fsp3) is 0.286. The molecule has 0 aliphatic carbocycles. The van der Waals surface area contributed by atoms with Gasteiger partial charge in [0.25, 0.3) is 5.91 Å². The second-order valence-electron chi connectivity index (χ2n) is 4.97. The van der Waals surface area contributed by atoms with Gasteiger partial charge in [-0.3, -0.25) is 9.89 Å². The van der Waals surface area contributed by atoms with E-state index in [-0.39, 0.29) is 11.7 Å². The Hall–Kier alpha value is -2.70. The number of nitrogens with zero attached hydrogens (tertiary/aromatic N) is 3. The van der Waals surface area contributed by atoms with Gasteiger partial charge in [-0.1, -0.05) is 12.1 Å². The van der Waals surface area contributed by atoms with E-state index in [0.29, 0.717) is 37.6 Å². The number of hydrogen-bond acceptors (Lipinski definition) is 5. The van der Waals surface area contributed by atoms with Gasteiger partial charge in [-0.05, 0) is 12.1 Å². The Morgan fingerprint density at radius 2 is 1.95 bits per heavy atom. The van der Waals surface area contributed by atoms with Gasteiger partial charge in [-0.2, -0.15) is 5.10 Å². The number of H-pyrrole nitrogens is 1. The summed E-state index contributed by atoms with van der Waals surface area (Å²) in [7, 11) is 0. The van der Waals surface area contributed by atoms with Crippen LogP contribution in [0.25, 0.3) is 0 Å². The zero-order valence-electron chi connectivity index (χ0n) is 11.5. The average Bonchev–Trinajstić information content (AvgIpc) is 2.93. The summed E-state index contributed by atoms with van der Waals surface area (Å²) in [4.78, 5) is 16.1. The number of aromatic nitrogens is 2. The van der Waals surface area contributed by atoms with E-state index in [2.05, 4.69) is 15.1 Å². The van der Waals surface area contributed by atoms with E-state index in [1.54, 1.807) is 17.0 Å². The van der Waals surface area contributed by atoms with Gasteiger partial charge in [0.05, 0.1) is 17.6 Å². The maximum Gasteiger partial charge on any atom is 0.274 e. The Morgan fingerprint density at radius 3 is 2.57 bits per heavy atom. The van der Waals surface area contributed by atoms with Gasteiger partial charge in [-0.15, -0.1) is 0 Å². The van der Waals surface area contributed by atoms with Gasteiger partial charge < -0.3 is 20.6 Å². The van der Waals surface area contributed by atoms with Crippen molar-refractivity contribution in [2.75, 3.05) is 36.8 Å². The largest absolute Gasteiger partial charge is 0.506 e. The number of carbonyl (C=O) groups excluding carboxylic acids is 1. The van der Waals surface area contributed by atoms with Crippen LogP contribution in [0.3, 0.4) is 0 Å². The summed E-state index contributed by atoms with van der Waals surface area (Å²) in [5.74, 6) is 0.122.